The molecule has 0 nitrogen and oxygen atoms in total. The SMILES string of the molecule is [B]c1cc(Br)c(C)s1. The Labute approximate surface area is 62.5 Å². The maximum atomic E-state index is 5.47. The highest BCUT2D eigenvalue weighted by atomic mass is 79.9. The number of hydrogen-bond acceptors (Lipinski definition) is 1. The lowest BCUT2D eigenvalue weighted by Gasteiger charge is -1.77. The lowest BCUT2D eigenvalue weighted by atomic mass is 10.1. The lowest BCUT2D eigenvalue weighted by molar-refractivity contribution is 1.59. The quantitative estimate of drug-likeness (QED) is 0.541. The van der Waals surface area contributed by atoms with Gasteiger partial charge in [-0.3, -0.25) is 0 Å². The van der Waals surface area contributed by atoms with E-state index in [4.69, 9.17) is 7.85 Å². The Morgan fingerprint density at radius 3 is 2.50 bits per heavy atom. The molecule has 0 fully saturated rings. The molecule has 40 valence electrons. The van der Waals surface area contributed by atoms with Gasteiger partial charge in [0.1, 0.15) is 7.85 Å². The summed E-state index contributed by atoms with van der Waals surface area (Å²) in [5, 5.41) is 0. The first-order chi connectivity index (χ1) is 3.70. The molecule has 0 aliphatic heterocycles. The Bertz CT molecular complexity index is 175. The van der Waals surface area contributed by atoms with Crippen molar-refractivity contribution >= 4 is 39.9 Å². The van der Waals surface area contributed by atoms with Crippen LogP contribution in [0.4, 0.5) is 0 Å². The molecule has 2 radical (unpaired) electrons. The second-order valence-electron chi connectivity index (χ2n) is 1.55. The Balaban J connectivity index is 3.14. The highest BCUT2D eigenvalue weighted by Gasteiger charge is 1.95. The van der Waals surface area contributed by atoms with Gasteiger partial charge in [0.25, 0.3) is 0 Å². The van der Waals surface area contributed by atoms with E-state index in [1.807, 2.05) is 13.0 Å². The third-order valence-corrected chi connectivity index (χ3v) is 2.84. The number of thiophene rings is 1. The van der Waals surface area contributed by atoms with Crippen LogP contribution in [0.1, 0.15) is 4.88 Å². The molecular formula is C5H4BBrS. The lowest BCUT2D eigenvalue weighted by Crippen LogP contribution is -1.88. The van der Waals surface area contributed by atoms with Crippen molar-refractivity contribution in [3.05, 3.63) is 15.4 Å². The first kappa shape index (κ1) is 6.37. The summed E-state index contributed by atoms with van der Waals surface area (Å²) in [6, 6.07) is 1.92. The van der Waals surface area contributed by atoms with Crippen LogP contribution in [0.2, 0.25) is 0 Å². The normalized spacial score (nSPS) is 9.75. The first-order valence-electron chi connectivity index (χ1n) is 2.21. The third-order valence-electron chi connectivity index (χ3n) is 0.876. The molecule has 0 aliphatic rings. The standard InChI is InChI=1S/C5H4BBrS/c1-3-4(7)2-5(6)8-3/h2H,1H3. The van der Waals surface area contributed by atoms with Gasteiger partial charge in [-0.2, -0.15) is 11.3 Å². The molecule has 0 unspecified atom stereocenters. The zero-order valence-electron chi connectivity index (χ0n) is 4.44. The van der Waals surface area contributed by atoms with E-state index in [9.17, 15) is 0 Å². The zero-order valence-corrected chi connectivity index (χ0v) is 6.84. The summed E-state index contributed by atoms with van der Waals surface area (Å²) in [7, 11) is 5.47. The number of halogens is 1. The number of rotatable bonds is 0. The van der Waals surface area contributed by atoms with E-state index in [0.717, 1.165) is 9.25 Å². The monoisotopic (exact) mass is 186 g/mol. The molecule has 0 saturated carbocycles. The minimum atomic E-state index is 0.870. The van der Waals surface area contributed by atoms with Gasteiger partial charge in [-0.15, -0.1) is 0 Å². The molecular weight excluding hydrogens is 183 g/mol. The molecule has 0 amide bonds. The summed E-state index contributed by atoms with van der Waals surface area (Å²) in [4.78, 5) is 1.24. The fourth-order valence-corrected chi connectivity index (χ4v) is 1.81. The summed E-state index contributed by atoms with van der Waals surface area (Å²) < 4.78 is 1.98. The molecule has 0 bridgehead atoms. The van der Waals surface area contributed by atoms with Crippen molar-refractivity contribution in [1.82, 2.24) is 0 Å². The highest BCUT2D eigenvalue weighted by molar-refractivity contribution is 9.10. The first-order valence-corrected chi connectivity index (χ1v) is 3.82. The Morgan fingerprint density at radius 1 is 1.75 bits per heavy atom. The van der Waals surface area contributed by atoms with Gasteiger partial charge >= 0.3 is 0 Å². The predicted octanol–water partition coefficient (Wildman–Crippen LogP) is 1.61. The van der Waals surface area contributed by atoms with Crippen LogP contribution in [0.3, 0.4) is 0 Å². The average molecular weight is 187 g/mol. The van der Waals surface area contributed by atoms with Crippen LogP contribution in [-0.4, -0.2) is 7.85 Å². The van der Waals surface area contributed by atoms with E-state index in [1.54, 1.807) is 11.3 Å². The minimum absolute atomic E-state index is 0.870. The molecule has 8 heavy (non-hydrogen) atoms. The van der Waals surface area contributed by atoms with Crippen LogP contribution >= 0.6 is 27.3 Å². The molecule has 3 heteroatoms. The van der Waals surface area contributed by atoms with Crippen LogP contribution in [0, 0.1) is 6.92 Å². The number of aryl methyl sites for hydroxylation is 1. The van der Waals surface area contributed by atoms with Crippen LogP contribution in [-0.2, 0) is 0 Å². The molecule has 1 rings (SSSR count). The second kappa shape index (κ2) is 2.23. The molecule has 1 aromatic heterocycles. The smallest absolute Gasteiger partial charge is 0.128 e. The predicted molar refractivity (Wildman–Crippen MR) is 42.1 cm³/mol. The van der Waals surface area contributed by atoms with Gasteiger partial charge in [-0.25, -0.2) is 0 Å². The van der Waals surface area contributed by atoms with Gasteiger partial charge < -0.3 is 0 Å². The highest BCUT2D eigenvalue weighted by Crippen LogP contribution is 2.18. The molecule has 1 heterocycles. The summed E-state index contributed by atoms with van der Waals surface area (Å²) in [6.45, 7) is 2.03. The third kappa shape index (κ3) is 1.15. The molecule has 1 aromatic rings. The Hall–Kier alpha value is 0.245. The van der Waals surface area contributed by atoms with Gasteiger partial charge in [0, 0.05) is 9.35 Å². The fraction of sp³-hybridized carbons (Fsp3) is 0.200. The topological polar surface area (TPSA) is 0 Å². The van der Waals surface area contributed by atoms with Crippen molar-refractivity contribution in [1.29, 1.82) is 0 Å². The Kier molecular flexibility index (Phi) is 1.78. The number of hydrogen-bond donors (Lipinski definition) is 0. The zero-order chi connectivity index (χ0) is 6.15. The fourth-order valence-electron chi connectivity index (χ4n) is 0.482. The van der Waals surface area contributed by atoms with Crippen molar-refractivity contribution in [2.45, 2.75) is 6.92 Å². The summed E-state index contributed by atoms with van der Waals surface area (Å²) in [5.74, 6) is 0. The minimum Gasteiger partial charge on any atom is -0.156 e. The van der Waals surface area contributed by atoms with Crippen LogP contribution in [0.15, 0.2) is 10.5 Å². The maximum absolute atomic E-state index is 5.47. The summed E-state index contributed by atoms with van der Waals surface area (Å²) in [5.41, 5.74) is 0. The molecule has 0 aliphatic carbocycles. The maximum Gasteiger partial charge on any atom is 0.128 e. The molecule has 0 N–H and O–H groups in total. The van der Waals surface area contributed by atoms with Gasteiger partial charge in [-0.05, 0) is 33.7 Å². The van der Waals surface area contributed by atoms with Crippen molar-refractivity contribution in [3.8, 4) is 0 Å². The average Bonchev–Trinajstić information content (AvgIpc) is 1.85. The second-order valence-corrected chi connectivity index (χ2v) is 3.70. The van der Waals surface area contributed by atoms with E-state index in [-0.39, 0.29) is 0 Å². The van der Waals surface area contributed by atoms with E-state index < -0.39 is 0 Å². The van der Waals surface area contributed by atoms with Crippen LogP contribution < -0.4 is 4.78 Å². The van der Waals surface area contributed by atoms with Gasteiger partial charge in [-0.1, -0.05) is 0 Å². The van der Waals surface area contributed by atoms with Gasteiger partial charge in [0.15, 0.2) is 0 Å². The van der Waals surface area contributed by atoms with Crippen molar-refractivity contribution in [2.24, 2.45) is 0 Å². The molecule has 0 aromatic carbocycles. The van der Waals surface area contributed by atoms with Crippen molar-refractivity contribution in [3.63, 3.8) is 0 Å². The van der Waals surface area contributed by atoms with E-state index >= 15 is 0 Å². The molecule has 0 atom stereocenters. The van der Waals surface area contributed by atoms with Gasteiger partial charge in [0.2, 0.25) is 0 Å². The van der Waals surface area contributed by atoms with E-state index in [1.165, 1.54) is 4.88 Å². The van der Waals surface area contributed by atoms with Crippen molar-refractivity contribution < 1.29 is 0 Å². The Morgan fingerprint density at radius 2 is 2.38 bits per heavy atom. The van der Waals surface area contributed by atoms with Crippen LogP contribution in [0.25, 0.3) is 0 Å². The van der Waals surface area contributed by atoms with E-state index in [0.29, 0.717) is 0 Å². The largest absolute Gasteiger partial charge is 0.156 e. The van der Waals surface area contributed by atoms with Crippen molar-refractivity contribution in [2.75, 3.05) is 0 Å². The molecule has 0 spiro atoms. The van der Waals surface area contributed by atoms with Gasteiger partial charge in [0.05, 0.1) is 0 Å². The van der Waals surface area contributed by atoms with Crippen LogP contribution in [0.5, 0.6) is 0 Å². The summed E-state index contributed by atoms with van der Waals surface area (Å²) >= 11 is 4.95. The molecule has 0 saturated heterocycles. The summed E-state index contributed by atoms with van der Waals surface area (Å²) in [6.07, 6.45) is 0. The van der Waals surface area contributed by atoms with E-state index in [2.05, 4.69) is 15.9 Å².